The predicted octanol–water partition coefficient (Wildman–Crippen LogP) is 0.181. The summed E-state index contributed by atoms with van der Waals surface area (Å²) in [6, 6.07) is 6.83. The molecule has 66 valence electrons. The third-order valence-corrected chi connectivity index (χ3v) is 2.29. The molecule has 0 heterocycles. The quantitative estimate of drug-likeness (QED) is 0.523. The van der Waals surface area contributed by atoms with Crippen LogP contribution in [-0.4, -0.2) is 11.3 Å². The predicted molar refractivity (Wildman–Crippen MR) is 46.7 cm³/mol. The van der Waals surface area contributed by atoms with Gasteiger partial charge in [0.15, 0.2) is 0 Å². The van der Waals surface area contributed by atoms with E-state index in [0.717, 1.165) is 5.75 Å². The van der Waals surface area contributed by atoms with E-state index in [9.17, 15) is 4.21 Å². The summed E-state index contributed by atoms with van der Waals surface area (Å²) < 4.78 is 16.0. The van der Waals surface area contributed by atoms with Gasteiger partial charge >= 0.3 is 0 Å². The molecule has 0 aliphatic heterocycles. The van der Waals surface area contributed by atoms with Crippen LogP contribution in [-0.2, 0) is 11.0 Å². The minimum absolute atomic E-state index is 0.623. The maximum absolute atomic E-state index is 11.0. The average Bonchev–Trinajstić information content (AvgIpc) is 2.17. The van der Waals surface area contributed by atoms with Gasteiger partial charge in [0.1, 0.15) is 16.7 Å². The van der Waals surface area contributed by atoms with E-state index in [2.05, 4.69) is 4.83 Å². The van der Waals surface area contributed by atoms with E-state index in [1.165, 1.54) is 0 Å². The summed E-state index contributed by atoms with van der Waals surface area (Å²) in [6.07, 6.45) is 0. The van der Waals surface area contributed by atoms with E-state index in [1.54, 1.807) is 31.4 Å². The second kappa shape index (κ2) is 4.20. The summed E-state index contributed by atoms with van der Waals surface area (Å²) in [5.41, 5.74) is 0. The van der Waals surface area contributed by atoms with Gasteiger partial charge in [-0.05, 0) is 24.3 Å². The van der Waals surface area contributed by atoms with Crippen LogP contribution in [0.25, 0.3) is 0 Å². The fourth-order valence-corrected chi connectivity index (χ4v) is 1.29. The molecule has 5 heteroatoms. The molecule has 0 spiro atoms. The lowest BCUT2D eigenvalue weighted by Crippen LogP contribution is -2.24. The van der Waals surface area contributed by atoms with Crippen molar-refractivity contribution in [2.75, 3.05) is 7.11 Å². The van der Waals surface area contributed by atoms with Crippen molar-refractivity contribution in [3.8, 4) is 5.75 Å². The highest BCUT2D eigenvalue weighted by Crippen LogP contribution is 2.12. The number of hydrazine groups is 1. The van der Waals surface area contributed by atoms with Gasteiger partial charge in [0, 0.05) is 0 Å². The topological polar surface area (TPSA) is 64.3 Å². The van der Waals surface area contributed by atoms with E-state index in [-0.39, 0.29) is 0 Å². The van der Waals surface area contributed by atoms with Crippen molar-refractivity contribution >= 4 is 11.0 Å². The zero-order chi connectivity index (χ0) is 8.97. The van der Waals surface area contributed by atoms with E-state index < -0.39 is 11.0 Å². The number of nitrogens with two attached hydrogens (primary N) is 1. The van der Waals surface area contributed by atoms with Crippen molar-refractivity contribution in [3.63, 3.8) is 0 Å². The molecule has 1 aromatic rings. The Morgan fingerprint density at radius 3 is 2.42 bits per heavy atom. The van der Waals surface area contributed by atoms with Crippen LogP contribution in [0.15, 0.2) is 29.2 Å². The molecule has 3 N–H and O–H groups in total. The van der Waals surface area contributed by atoms with Gasteiger partial charge in [-0.2, -0.15) is 4.83 Å². The van der Waals surface area contributed by atoms with Gasteiger partial charge < -0.3 is 4.74 Å². The fraction of sp³-hybridized carbons (Fsp3) is 0.143. The van der Waals surface area contributed by atoms with Crippen LogP contribution in [0, 0.1) is 0 Å². The van der Waals surface area contributed by atoms with Gasteiger partial charge in [-0.25, -0.2) is 4.21 Å². The Kier molecular flexibility index (Phi) is 3.21. The van der Waals surface area contributed by atoms with Gasteiger partial charge in [0.05, 0.1) is 12.0 Å². The van der Waals surface area contributed by atoms with Crippen LogP contribution in [0.3, 0.4) is 0 Å². The average molecular weight is 186 g/mol. The van der Waals surface area contributed by atoms with E-state index in [1.807, 2.05) is 0 Å². The Hall–Kier alpha value is -0.910. The maximum Gasteiger partial charge on any atom is 0.138 e. The Morgan fingerprint density at radius 1 is 1.42 bits per heavy atom. The van der Waals surface area contributed by atoms with Crippen molar-refractivity contribution in [3.05, 3.63) is 24.3 Å². The first-order valence-corrected chi connectivity index (χ1v) is 4.45. The zero-order valence-corrected chi connectivity index (χ0v) is 7.43. The van der Waals surface area contributed by atoms with Crippen molar-refractivity contribution in [1.29, 1.82) is 0 Å². The summed E-state index contributed by atoms with van der Waals surface area (Å²) in [6.45, 7) is 0. The Balaban J connectivity index is 2.84. The van der Waals surface area contributed by atoms with E-state index in [4.69, 9.17) is 10.6 Å². The molecule has 0 radical (unpaired) electrons. The van der Waals surface area contributed by atoms with E-state index in [0.29, 0.717) is 4.90 Å². The van der Waals surface area contributed by atoms with Gasteiger partial charge in [0.2, 0.25) is 0 Å². The highest BCUT2D eigenvalue weighted by Gasteiger charge is 1.99. The second-order valence-corrected chi connectivity index (χ2v) is 3.31. The smallest absolute Gasteiger partial charge is 0.138 e. The summed E-state index contributed by atoms with van der Waals surface area (Å²) in [7, 11) is 0.248. The fourth-order valence-electron chi connectivity index (χ4n) is 0.767. The van der Waals surface area contributed by atoms with Crippen LogP contribution < -0.4 is 15.4 Å². The number of benzene rings is 1. The molecule has 0 aliphatic rings. The summed E-state index contributed by atoms with van der Waals surface area (Å²) in [5, 5.41) is 0. The number of ether oxygens (including phenoxy) is 1. The molecule has 0 saturated carbocycles. The van der Waals surface area contributed by atoms with Gasteiger partial charge in [-0.1, -0.05) is 0 Å². The number of methoxy groups -OCH3 is 1. The van der Waals surface area contributed by atoms with Crippen LogP contribution in [0.2, 0.25) is 0 Å². The third-order valence-electron chi connectivity index (χ3n) is 1.38. The monoisotopic (exact) mass is 186 g/mol. The van der Waals surface area contributed by atoms with Crippen LogP contribution in [0.5, 0.6) is 5.75 Å². The maximum atomic E-state index is 11.0. The van der Waals surface area contributed by atoms with Gasteiger partial charge in [-0.15, -0.1) is 0 Å². The normalized spacial score (nSPS) is 12.5. The highest BCUT2D eigenvalue weighted by molar-refractivity contribution is 7.83. The van der Waals surface area contributed by atoms with E-state index >= 15 is 0 Å². The summed E-state index contributed by atoms with van der Waals surface area (Å²) in [4.78, 5) is 2.77. The summed E-state index contributed by atoms with van der Waals surface area (Å²) >= 11 is 0. The molecule has 1 aromatic carbocycles. The van der Waals surface area contributed by atoms with Crippen LogP contribution in [0.1, 0.15) is 0 Å². The number of hydrogen-bond acceptors (Lipinski definition) is 3. The molecule has 12 heavy (non-hydrogen) atoms. The molecule has 0 fully saturated rings. The van der Waals surface area contributed by atoms with Gasteiger partial charge in [0.25, 0.3) is 0 Å². The molecule has 0 aliphatic carbocycles. The first kappa shape index (κ1) is 9.18. The molecular formula is C7H10N2O2S. The zero-order valence-electron chi connectivity index (χ0n) is 6.61. The van der Waals surface area contributed by atoms with Crippen molar-refractivity contribution in [2.45, 2.75) is 4.90 Å². The van der Waals surface area contributed by atoms with Crippen molar-refractivity contribution < 1.29 is 8.95 Å². The Bertz CT molecular complexity index is 273. The molecule has 1 rings (SSSR count). The van der Waals surface area contributed by atoms with Crippen molar-refractivity contribution in [2.24, 2.45) is 5.84 Å². The lowest BCUT2D eigenvalue weighted by Gasteiger charge is -2.01. The first-order valence-electron chi connectivity index (χ1n) is 3.30. The molecule has 0 saturated heterocycles. The van der Waals surface area contributed by atoms with Crippen LogP contribution in [0.4, 0.5) is 0 Å². The Labute approximate surface area is 73.3 Å². The lowest BCUT2D eigenvalue weighted by molar-refractivity contribution is 0.414. The highest BCUT2D eigenvalue weighted by atomic mass is 32.2. The Morgan fingerprint density at radius 2 is 2.00 bits per heavy atom. The molecular weight excluding hydrogens is 176 g/mol. The summed E-state index contributed by atoms with van der Waals surface area (Å²) in [5.74, 6) is 5.72. The minimum Gasteiger partial charge on any atom is -0.497 e. The molecule has 1 atom stereocenters. The molecule has 0 aromatic heterocycles. The number of nitrogens with one attached hydrogen (secondary N) is 1. The molecule has 1 unspecified atom stereocenters. The molecule has 0 amide bonds. The largest absolute Gasteiger partial charge is 0.497 e. The lowest BCUT2D eigenvalue weighted by atomic mass is 10.3. The first-order chi connectivity index (χ1) is 5.77. The van der Waals surface area contributed by atoms with Crippen LogP contribution >= 0.6 is 0 Å². The second-order valence-electron chi connectivity index (χ2n) is 2.06. The molecule has 4 nitrogen and oxygen atoms in total. The number of hydrogen-bond donors (Lipinski definition) is 2. The van der Waals surface area contributed by atoms with Gasteiger partial charge in [-0.3, -0.25) is 5.84 Å². The SMILES string of the molecule is COc1ccc(S(=O)NN)cc1. The molecule has 0 bridgehead atoms. The standard InChI is InChI=1S/C7H10N2O2S/c1-11-6-2-4-7(5-3-6)12(10)9-8/h2-5,9H,8H2,1H3. The third kappa shape index (κ3) is 2.04. The number of rotatable bonds is 3. The van der Waals surface area contributed by atoms with Crippen molar-refractivity contribution in [1.82, 2.24) is 4.83 Å². The minimum atomic E-state index is -1.33.